The molecule has 0 spiro atoms. The van der Waals surface area contributed by atoms with Crippen molar-refractivity contribution in [2.75, 3.05) is 12.4 Å². The highest BCUT2D eigenvalue weighted by molar-refractivity contribution is 7.99. The van der Waals surface area contributed by atoms with Crippen molar-refractivity contribution < 1.29 is 18.3 Å². The highest BCUT2D eigenvalue weighted by Crippen LogP contribution is 2.27. The molecule has 30 heavy (non-hydrogen) atoms. The Balaban J connectivity index is 0.00000155. The third-order valence-electron chi connectivity index (χ3n) is 3.94. The van der Waals surface area contributed by atoms with E-state index in [4.69, 9.17) is 16.3 Å². The fourth-order valence-corrected chi connectivity index (χ4v) is 3.85. The summed E-state index contributed by atoms with van der Waals surface area (Å²) in [6.45, 7) is 5.94. The molecule has 8 heteroatoms. The van der Waals surface area contributed by atoms with Gasteiger partial charge in [0.2, 0.25) is 0 Å². The van der Waals surface area contributed by atoms with Crippen molar-refractivity contribution >= 4 is 29.3 Å². The van der Waals surface area contributed by atoms with E-state index in [1.165, 1.54) is 36.2 Å². The van der Waals surface area contributed by atoms with Gasteiger partial charge in [-0.15, -0.1) is 0 Å². The van der Waals surface area contributed by atoms with E-state index in [-0.39, 0.29) is 23.9 Å². The highest BCUT2D eigenvalue weighted by atomic mass is 35.5. The van der Waals surface area contributed by atoms with E-state index in [9.17, 15) is 13.6 Å². The lowest BCUT2D eigenvalue weighted by Gasteiger charge is -2.11. The molecule has 0 saturated heterocycles. The maximum absolute atomic E-state index is 13.9. The van der Waals surface area contributed by atoms with Crippen molar-refractivity contribution in [1.82, 2.24) is 9.55 Å². The van der Waals surface area contributed by atoms with Crippen LogP contribution >= 0.6 is 23.4 Å². The summed E-state index contributed by atoms with van der Waals surface area (Å²) >= 11 is 7.41. The number of hydrogen-bond donors (Lipinski definition) is 0. The predicted molar refractivity (Wildman–Crippen MR) is 117 cm³/mol. The van der Waals surface area contributed by atoms with Crippen molar-refractivity contribution in [1.29, 1.82) is 0 Å². The average Bonchev–Trinajstić information content (AvgIpc) is 3.16. The van der Waals surface area contributed by atoms with Crippen LogP contribution in [-0.4, -0.2) is 27.9 Å². The van der Waals surface area contributed by atoms with Crippen molar-refractivity contribution in [2.45, 2.75) is 32.3 Å². The van der Waals surface area contributed by atoms with Crippen molar-refractivity contribution in [3.63, 3.8) is 0 Å². The highest BCUT2D eigenvalue weighted by Gasteiger charge is 2.19. The zero-order chi connectivity index (χ0) is 22.1. The van der Waals surface area contributed by atoms with Crippen LogP contribution in [0.4, 0.5) is 8.78 Å². The Morgan fingerprint density at radius 1 is 1.17 bits per heavy atom. The number of carbonyl (C=O) groups is 1. The Morgan fingerprint density at radius 3 is 2.50 bits per heavy atom. The third kappa shape index (κ3) is 5.83. The predicted octanol–water partition coefficient (Wildman–Crippen LogP) is 6.34. The molecule has 0 amide bonds. The normalized spacial score (nSPS) is 10.3. The summed E-state index contributed by atoms with van der Waals surface area (Å²) in [7, 11) is 0. The van der Waals surface area contributed by atoms with Gasteiger partial charge < -0.3 is 4.74 Å². The second kappa shape index (κ2) is 11.7. The van der Waals surface area contributed by atoms with Crippen molar-refractivity contribution in [3.8, 4) is 5.69 Å². The number of ether oxygens (including phenoxy) is 1. The van der Waals surface area contributed by atoms with Crippen LogP contribution in [0.3, 0.4) is 0 Å². The molecule has 3 aromatic rings. The minimum Gasteiger partial charge on any atom is -0.461 e. The van der Waals surface area contributed by atoms with Gasteiger partial charge in [-0.2, -0.15) is 0 Å². The van der Waals surface area contributed by atoms with Crippen LogP contribution in [0.1, 0.15) is 36.8 Å². The molecule has 3 rings (SSSR count). The molecule has 0 atom stereocenters. The number of hydrogen-bond acceptors (Lipinski definition) is 4. The smallest absolute Gasteiger partial charge is 0.357 e. The number of nitrogens with zero attached hydrogens (tertiary/aromatic N) is 2. The second-order valence-electron chi connectivity index (χ2n) is 5.76. The summed E-state index contributed by atoms with van der Waals surface area (Å²) < 4.78 is 33.9. The van der Waals surface area contributed by atoms with Crippen LogP contribution in [0.25, 0.3) is 5.69 Å². The molecule has 0 radical (unpaired) electrons. The molecular formula is C22H23ClF2N2O2S. The van der Waals surface area contributed by atoms with Gasteiger partial charge in [-0.25, -0.2) is 18.6 Å². The molecule has 1 heterocycles. The first kappa shape index (κ1) is 23.9. The van der Waals surface area contributed by atoms with E-state index in [1.54, 1.807) is 35.8 Å². The number of esters is 1. The van der Waals surface area contributed by atoms with Crippen LogP contribution in [0.2, 0.25) is 5.02 Å². The lowest BCUT2D eigenvalue weighted by molar-refractivity contribution is 0.0516. The summed E-state index contributed by atoms with van der Waals surface area (Å²) in [5.41, 5.74) is 1.25. The summed E-state index contributed by atoms with van der Waals surface area (Å²) in [5, 5.41) is 0.886. The van der Waals surface area contributed by atoms with E-state index >= 15 is 0 Å². The van der Waals surface area contributed by atoms with Gasteiger partial charge >= 0.3 is 5.97 Å². The molecule has 0 aliphatic carbocycles. The Morgan fingerprint density at radius 2 is 1.87 bits per heavy atom. The standard InChI is InChI=1S/C20H17ClF2N2O2S.C2H6/c1-2-27-19(26)18-12-24-20(25(18)14-8-6-13(22)7-9-14)28-11-10-15-16(21)4-3-5-17(15)23;1-2/h3-9,12H,2,10-11H2,1H3;1-2H3. The second-order valence-corrected chi connectivity index (χ2v) is 7.23. The topological polar surface area (TPSA) is 44.1 Å². The van der Waals surface area contributed by atoms with Crippen molar-refractivity contribution in [2.24, 2.45) is 0 Å². The molecule has 0 bridgehead atoms. The quantitative estimate of drug-likeness (QED) is 0.310. The van der Waals surface area contributed by atoms with E-state index in [0.717, 1.165) is 0 Å². The van der Waals surface area contributed by atoms with Crippen LogP contribution in [-0.2, 0) is 11.2 Å². The van der Waals surface area contributed by atoms with Crippen LogP contribution < -0.4 is 0 Å². The molecule has 1 aromatic heterocycles. The average molecular weight is 453 g/mol. The lowest BCUT2D eigenvalue weighted by Crippen LogP contribution is -2.11. The molecule has 160 valence electrons. The number of imidazole rings is 1. The summed E-state index contributed by atoms with van der Waals surface area (Å²) in [4.78, 5) is 16.6. The minimum absolute atomic E-state index is 0.224. The van der Waals surface area contributed by atoms with Gasteiger partial charge in [-0.3, -0.25) is 4.57 Å². The summed E-state index contributed by atoms with van der Waals surface area (Å²) in [5.74, 6) is -0.781. The Kier molecular flexibility index (Phi) is 9.33. The summed E-state index contributed by atoms with van der Waals surface area (Å²) in [6, 6.07) is 10.3. The van der Waals surface area contributed by atoms with E-state index < -0.39 is 5.97 Å². The third-order valence-corrected chi connectivity index (χ3v) is 5.25. The van der Waals surface area contributed by atoms with Gasteiger partial charge in [0.05, 0.1) is 12.8 Å². The van der Waals surface area contributed by atoms with Crippen LogP contribution in [0.5, 0.6) is 0 Å². The Labute approximate surface area is 184 Å². The fourth-order valence-electron chi connectivity index (χ4n) is 2.64. The number of rotatable bonds is 7. The monoisotopic (exact) mass is 452 g/mol. The maximum atomic E-state index is 13.9. The maximum Gasteiger partial charge on any atom is 0.357 e. The molecule has 2 aromatic carbocycles. The van der Waals surface area contributed by atoms with Gasteiger partial charge in [0.15, 0.2) is 10.9 Å². The molecular weight excluding hydrogens is 430 g/mol. The molecule has 4 nitrogen and oxygen atoms in total. The number of carbonyl (C=O) groups excluding carboxylic acids is 1. The first-order chi connectivity index (χ1) is 14.5. The zero-order valence-corrected chi connectivity index (χ0v) is 18.6. The van der Waals surface area contributed by atoms with E-state index in [0.29, 0.717) is 33.6 Å². The van der Waals surface area contributed by atoms with Gasteiger partial charge in [-0.1, -0.05) is 43.3 Å². The zero-order valence-electron chi connectivity index (χ0n) is 17.0. The van der Waals surface area contributed by atoms with E-state index in [1.807, 2.05) is 13.8 Å². The molecule has 0 saturated carbocycles. The molecule has 0 fully saturated rings. The summed E-state index contributed by atoms with van der Waals surface area (Å²) in [6.07, 6.45) is 1.81. The molecule has 0 unspecified atom stereocenters. The largest absolute Gasteiger partial charge is 0.461 e. The van der Waals surface area contributed by atoms with Gasteiger partial charge in [0.1, 0.15) is 11.6 Å². The number of aromatic nitrogens is 2. The number of halogens is 3. The van der Waals surface area contributed by atoms with Gasteiger partial charge in [-0.05, 0) is 49.7 Å². The van der Waals surface area contributed by atoms with E-state index in [2.05, 4.69) is 4.98 Å². The lowest BCUT2D eigenvalue weighted by atomic mass is 10.1. The van der Waals surface area contributed by atoms with Crippen molar-refractivity contribution in [3.05, 3.63) is 76.6 Å². The Bertz CT molecular complexity index is 958. The number of benzene rings is 2. The number of thioether (sulfide) groups is 1. The molecule has 0 N–H and O–H groups in total. The van der Waals surface area contributed by atoms with Crippen LogP contribution in [0, 0.1) is 11.6 Å². The fraction of sp³-hybridized carbons (Fsp3) is 0.273. The minimum atomic E-state index is -0.525. The van der Waals surface area contributed by atoms with Crippen LogP contribution in [0.15, 0.2) is 53.8 Å². The SMILES string of the molecule is CC.CCOC(=O)c1cnc(SCCc2c(F)cccc2Cl)n1-c1ccc(F)cc1. The van der Waals surface area contributed by atoms with Gasteiger partial charge in [0, 0.05) is 22.0 Å². The first-order valence-corrected chi connectivity index (χ1v) is 10.9. The Hall–Kier alpha value is -2.38. The first-order valence-electron chi connectivity index (χ1n) is 9.57. The van der Waals surface area contributed by atoms with Gasteiger partial charge in [0.25, 0.3) is 0 Å². The molecule has 0 aliphatic heterocycles. The molecule has 0 aliphatic rings.